The molecule has 3 N–H and O–H groups in total. The number of carbonyl (C=O) groups excluding carboxylic acids is 1. The van der Waals surface area contributed by atoms with E-state index >= 15 is 0 Å². The lowest BCUT2D eigenvalue weighted by molar-refractivity contribution is 0.0459. The van der Waals surface area contributed by atoms with Crippen molar-refractivity contribution in [1.82, 2.24) is 4.90 Å². The second kappa shape index (κ2) is 7.81. The van der Waals surface area contributed by atoms with E-state index in [4.69, 9.17) is 15.2 Å². The number of hydrogen-bond acceptors (Lipinski definition) is 5. The van der Waals surface area contributed by atoms with E-state index in [2.05, 4.69) is 11.0 Å². The molecule has 148 valence electrons. The molecule has 2 aromatic rings. The number of hydrogen-bond donors (Lipinski definition) is 2. The van der Waals surface area contributed by atoms with Gasteiger partial charge in [-0.3, -0.25) is 4.79 Å². The molecule has 2 aromatic carbocycles. The molecular formula is C22H26N2O4. The van der Waals surface area contributed by atoms with E-state index in [1.807, 2.05) is 18.2 Å². The fraction of sp³-hybridized carbons (Fsp3) is 0.409. The standard InChI is InChI=1S/C22H26N2O4/c23-21(26)16-6-8-17(9-7-16)27-11-3-10-24-12-19-18-4-1-2-5-20(18)28-15-22(19,13-24)14-25/h1-2,4-9,19,25H,3,10-15H2,(H2,23,26)/t19-,22-/m1/s1. The Bertz CT molecular complexity index is 839. The number of nitrogens with two attached hydrogens (primary N) is 1. The number of carbonyl (C=O) groups is 1. The van der Waals surface area contributed by atoms with Crippen LogP contribution in [-0.2, 0) is 0 Å². The number of aliphatic hydroxyl groups excluding tert-OH is 1. The first kappa shape index (κ1) is 18.8. The zero-order chi connectivity index (χ0) is 19.6. The molecule has 0 saturated carbocycles. The molecule has 0 aliphatic carbocycles. The number of ether oxygens (including phenoxy) is 2. The van der Waals surface area contributed by atoms with Gasteiger partial charge in [-0.25, -0.2) is 0 Å². The molecule has 0 unspecified atom stereocenters. The summed E-state index contributed by atoms with van der Waals surface area (Å²) in [4.78, 5) is 13.5. The smallest absolute Gasteiger partial charge is 0.248 e. The van der Waals surface area contributed by atoms with Gasteiger partial charge in [-0.15, -0.1) is 0 Å². The highest BCUT2D eigenvalue weighted by molar-refractivity contribution is 5.92. The van der Waals surface area contributed by atoms with Crippen molar-refractivity contribution in [2.24, 2.45) is 11.1 Å². The van der Waals surface area contributed by atoms with Crippen LogP contribution in [0.4, 0.5) is 0 Å². The summed E-state index contributed by atoms with van der Waals surface area (Å²) >= 11 is 0. The van der Waals surface area contributed by atoms with Gasteiger partial charge in [0, 0.05) is 36.5 Å². The molecule has 1 saturated heterocycles. The van der Waals surface area contributed by atoms with Crippen LogP contribution in [-0.4, -0.2) is 55.4 Å². The Morgan fingerprint density at radius 2 is 2.04 bits per heavy atom. The Kier molecular flexibility index (Phi) is 5.24. The Balaban J connectivity index is 1.31. The zero-order valence-corrected chi connectivity index (χ0v) is 15.8. The first-order valence-electron chi connectivity index (χ1n) is 9.69. The molecule has 0 bridgehead atoms. The predicted molar refractivity (Wildman–Crippen MR) is 106 cm³/mol. The van der Waals surface area contributed by atoms with Crippen molar-refractivity contribution < 1.29 is 19.4 Å². The third-order valence-corrected chi connectivity index (χ3v) is 5.87. The predicted octanol–water partition coefficient (Wildman–Crippen LogP) is 2.02. The van der Waals surface area contributed by atoms with Gasteiger partial charge < -0.3 is 25.2 Å². The number of aliphatic hydroxyl groups is 1. The van der Waals surface area contributed by atoms with E-state index in [9.17, 15) is 9.90 Å². The van der Waals surface area contributed by atoms with Gasteiger partial charge >= 0.3 is 0 Å². The summed E-state index contributed by atoms with van der Waals surface area (Å²) in [6.07, 6.45) is 0.883. The van der Waals surface area contributed by atoms with Crippen LogP contribution in [0.1, 0.15) is 28.3 Å². The molecule has 1 amide bonds. The summed E-state index contributed by atoms with van der Waals surface area (Å²) in [6.45, 7) is 3.94. The summed E-state index contributed by atoms with van der Waals surface area (Å²) < 4.78 is 11.7. The average Bonchev–Trinajstić information content (AvgIpc) is 3.11. The normalized spacial score (nSPS) is 23.5. The van der Waals surface area contributed by atoms with E-state index in [0.29, 0.717) is 24.7 Å². The molecule has 2 aliphatic rings. The highest BCUT2D eigenvalue weighted by Gasteiger charge is 2.50. The molecule has 28 heavy (non-hydrogen) atoms. The topological polar surface area (TPSA) is 85.0 Å². The molecule has 2 aliphatic heterocycles. The van der Waals surface area contributed by atoms with Crippen molar-refractivity contribution in [2.75, 3.05) is 39.5 Å². The third kappa shape index (κ3) is 3.57. The number of fused-ring (bicyclic) bond motifs is 3. The van der Waals surface area contributed by atoms with Crippen LogP contribution in [0.5, 0.6) is 11.5 Å². The van der Waals surface area contributed by atoms with Crippen molar-refractivity contribution in [2.45, 2.75) is 12.3 Å². The minimum absolute atomic E-state index is 0.130. The zero-order valence-electron chi connectivity index (χ0n) is 15.8. The van der Waals surface area contributed by atoms with Gasteiger partial charge in [-0.2, -0.15) is 0 Å². The molecule has 0 spiro atoms. The van der Waals surface area contributed by atoms with Crippen LogP contribution in [0, 0.1) is 5.41 Å². The maximum Gasteiger partial charge on any atom is 0.248 e. The maximum absolute atomic E-state index is 11.1. The van der Waals surface area contributed by atoms with Gasteiger partial charge in [0.25, 0.3) is 0 Å². The SMILES string of the molecule is NC(=O)c1ccc(OCCCN2C[C@@H]3c4ccccc4OC[C@]3(CO)C2)cc1. The molecule has 6 nitrogen and oxygen atoms in total. The molecule has 6 heteroatoms. The lowest BCUT2D eigenvalue weighted by Gasteiger charge is -2.38. The van der Waals surface area contributed by atoms with Crippen LogP contribution >= 0.6 is 0 Å². The monoisotopic (exact) mass is 382 g/mol. The van der Waals surface area contributed by atoms with Crippen LogP contribution in [0.25, 0.3) is 0 Å². The molecule has 2 heterocycles. The van der Waals surface area contributed by atoms with E-state index in [0.717, 1.165) is 37.6 Å². The minimum atomic E-state index is -0.439. The van der Waals surface area contributed by atoms with Gasteiger partial charge in [0.15, 0.2) is 0 Å². The maximum atomic E-state index is 11.1. The Hall–Kier alpha value is -2.57. The first-order valence-corrected chi connectivity index (χ1v) is 9.69. The van der Waals surface area contributed by atoms with Crippen LogP contribution in [0.3, 0.4) is 0 Å². The van der Waals surface area contributed by atoms with Gasteiger partial charge in [0.2, 0.25) is 5.91 Å². The molecule has 0 aromatic heterocycles. The number of likely N-dealkylation sites (tertiary alicyclic amines) is 1. The van der Waals surface area contributed by atoms with Gasteiger partial charge in [0.05, 0.1) is 19.8 Å². The van der Waals surface area contributed by atoms with Crippen LogP contribution in [0.2, 0.25) is 0 Å². The number of primary amides is 1. The Morgan fingerprint density at radius 3 is 2.79 bits per heavy atom. The molecule has 0 radical (unpaired) electrons. The second-order valence-electron chi connectivity index (χ2n) is 7.73. The summed E-state index contributed by atoms with van der Waals surface area (Å²) in [5, 5.41) is 10.1. The van der Waals surface area contributed by atoms with E-state index in [1.165, 1.54) is 5.56 Å². The number of amides is 1. The molecule has 4 rings (SSSR count). The van der Waals surface area contributed by atoms with Gasteiger partial charge in [0.1, 0.15) is 11.5 Å². The van der Waals surface area contributed by atoms with Crippen molar-refractivity contribution >= 4 is 5.91 Å². The molecule has 1 fully saturated rings. The quantitative estimate of drug-likeness (QED) is 0.716. The van der Waals surface area contributed by atoms with E-state index in [1.54, 1.807) is 24.3 Å². The summed E-state index contributed by atoms with van der Waals surface area (Å²) in [5.41, 5.74) is 6.70. The second-order valence-corrected chi connectivity index (χ2v) is 7.73. The van der Waals surface area contributed by atoms with Crippen molar-refractivity contribution in [1.29, 1.82) is 0 Å². The van der Waals surface area contributed by atoms with Crippen molar-refractivity contribution in [3.8, 4) is 11.5 Å². The highest BCUT2D eigenvalue weighted by Crippen LogP contribution is 2.49. The number of para-hydroxylation sites is 1. The summed E-state index contributed by atoms with van der Waals surface area (Å²) in [5.74, 6) is 1.53. The molecular weight excluding hydrogens is 356 g/mol. The fourth-order valence-electron chi connectivity index (χ4n) is 4.34. The third-order valence-electron chi connectivity index (χ3n) is 5.87. The lowest BCUT2D eigenvalue weighted by atomic mass is 9.74. The summed E-state index contributed by atoms with van der Waals surface area (Å²) in [7, 11) is 0. The fourth-order valence-corrected chi connectivity index (χ4v) is 4.34. The van der Waals surface area contributed by atoms with Crippen LogP contribution < -0.4 is 15.2 Å². The first-order chi connectivity index (χ1) is 13.6. The number of rotatable bonds is 7. The summed E-state index contributed by atoms with van der Waals surface area (Å²) in [6, 6.07) is 15.0. The number of benzene rings is 2. The van der Waals surface area contributed by atoms with Crippen LogP contribution in [0.15, 0.2) is 48.5 Å². The minimum Gasteiger partial charge on any atom is -0.494 e. The molecule has 2 atom stereocenters. The van der Waals surface area contributed by atoms with Crippen molar-refractivity contribution in [3.05, 3.63) is 59.7 Å². The lowest BCUT2D eigenvalue weighted by Crippen LogP contribution is -2.42. The Labute approximate surface area is 164 Å². The number of nitrogens with zero attached hydrogens (tertiary/aromatic N) is 1. The van der Waals surface area contributed by atoms with Gasteiger partial charge in [-0.1, -0.05) is 18.2 Å². The van der Waals surface area contributed by atoms with E-state index < -0.39 is 5.91 Å². The highest BCUT2D eigenvalue weighted by atomic mass is 16.5. The Morgan fingerprint density at radius 1 is 1.25 bits per heavy atom. The van der Waals surface area contributed by atoms with E-state index in [-0.39, 0.29) is 12.0 Å². The largest absolute Gasteiger partial charge is 0.494 e. The average molecular weight is 382 g/mol. The van der Waals surface area contributed by atoms with Crippen molar-refractivity contribution in [3.63, 3.8) is 0 Å². The van der Waals surface area contributed by atoms with Gasteiger partial charge in [-0.05, 0) is 42.3 Å².